The Bertz CT molecular complexity index is 933. The van der Waals surface area contributed by atoms with Crippen LogP contribution in [0, 0.1) is 23.2 Å². The minimum absolute atomic E-state index is 0.203. The Labute approximate surface area is 178 Å². The fraction of sp³-hybridized carbons (Fsp3) is 0.667. The molecule has 2 saturated carbocycles. The van der Waals surface area contributed by atoms with Gasteiger partial charge in [0.25, 0.3) is 0 Å². The van der Waals surface area contributed by atoms with Gasteiger partial charge in [-0.05, 0) is 64.7 Å². The van der Waals surface area contributed by atoms with E-state index in [0.717, 1.165) is 49.9 Å². The molecule has 30 heavy (non-hydrogen) atoms. The van der Waals surface area contributed by atoms with Gasteiger partial charge >= 0.3 is 6.09 Å². The summed E-state index contributed by atoms with van der Waals surface area (Å²) in [5.41, 5.74) is 8.92. The largest absolute Gasteiger partial charge is 0.444 e. The lowest BCUT2D eigenvalue weighted by molar-refractivity contribution is -0.182. The Kier molecular flexibility index (Phi) is 4.34. The molecule has 0 aromatic carbocycles. The van der Waals surface area contributed by atoms with E-state index in [-0.39, 0.29) is 17.1 Å². The number of fused-ring (bicyclic) bond motifs is 2. The monoisotopic (exact) mass is 409 g/mol. The summed E-state index contributed by atoms with van der Waals surface area (Å²) in [7, 11) is 0. The van der Waals surface area contributed by atoms with Crippen molar-refractivity contribution in [3.05, 3.63) is 22.9 Å². The number of ether oxygens (including phenoxy) is 2. The number of nitrogens with zero attached hydrogens (tertiary/aromatic N) is 2. The number of carbonyl (C=O) groups excluding carboxylic acids is 1. The predicted octanol–water partition coefficient (Wildman–Crippen LogP) is 3.96. The number of amides is 1. The molecule has 1 aromatic heterocycles. The number of likely N-dealkylation sites (tertiary alicyclic amines) is 1. The minimum Gasteiger partial charge on any atom is -0.444 e. The number of rotatable bonds is 0. The number of carbonyl (C=O) groups is 1. The van der Waals surface area contributed by atoms with Crippen LogP contribution in [-0.4, -0.2) is 34.7 Å². The van der Waals surface area contributed by atoms with Crippen LogP contribution in [0.5, 0.6) is 0 Å². The number of nitrogen functional groups attached to an aromatic ring is 1. The van der Waals surface area contributed by atoms with Crippen molar-refractivity contribution in [3.63, 3.8) is 0 Å². The number of pyridine rings is 1. The van der Waals surface area contributed by atoms with E-state index in [1.165, 1.54) is 18.4 Å². The van der Waals surface area contributed by atoms with Gasteiger partial charge in [0.15, 0.2) is 0 Å². The molecule has 0 atom stereocenters. The summed E-state index contributed by atoms with van der Waals surface area (Å²) < 4.78 is 11.9. The lowest BCUT2D eigenvalue weighted by Gasteiger charge is -2.57. The van der Waals surface area contributed by atoms with Crippen LogP contribution in [0.3, 0.4) is 0 Å². The third-order valence-corrected chi connectivity index (χ3v) is 6.92. The number of aromatic nitrogens is 1. The maximum Gasteiger partial charge on any atom is 0.410 e. The zero-order valence-corrected chi connectivity index (χ0v) is 18.2. The molecule has 0 unspecified atom stereocenters. The highest BCUT2D eigenvalue weighted by atomic mass is 16.6. The SMILES string of the molecule is CC(C)(C)OC(=O)N1CCC2(CC1)CC1(C2)OCc2cnc(N)c(C#CC3CC3)c21. The summed E-state index contributed by atoms with van der Waals surface area (Å²) in [6, 6.07) is 0. The van der Waals surface area contributed by atoms with Gasteiger partial charge in [-0.1, -0.05) is 11.8 Å². The Balaban J connectivity index is 1.31. The van der Waals surface area contributed by atoms with Crippen LogP contribution < -0.4 is 5.73 Å². The number of piperidine rings is 1. The quantitative estimate of drug-likeness (QED) is 0.656. The molecule has 6 heteroatoms. The smallest absolute Gasteiger partial charge is 0.410 e. The van der Waals surface area contributed by atoms with Gasteiger partial charge in [-0.3, -0.25) is 0 Å². The molecular weight excluding hydrogens is 378 g/mol. The molecule has 1 saturated heterocycles. The van der Waals surface area contributed by atoms with Crippen molar-refractivity contribution in [1.82, 2.24) is 9.88 Å². The summed E-state index contributed by atoms with van der Waals surface area (Å²) in [6.07, 6.45) is 7.94. The zero-order valence-electron chi connectivity index (χ0n) is 18.2. The van der Waals surface area contributed by atoms with Gasteiger partial charge in [-0.2, -0.15) is 0 Å². The summed E-state index contributed by atoms with van der Waals surface area (Å²) in [5.74, 6) is 7.74. The van der Waals surface area contributed by atoms with Crippen molar-refractivity contribution < 1.29 is 14.3 Å². The summed E-state index contributed by atoms with van der Waals surface area (Å²) in [5, 5.41) is 0. The van der Waals surface area contributed by atoms with Crippen molar-refractivity contribution in [2.75, 3.05) is 18.8 Å². The number of anilines is 1. The summed E-state index contributed by atoms with van der Waals surface area (Å²) >= 11 is 0. The number of hydrogen-bond acceptors (Lipinski definition) is 5. The van der Waals surface area contributed by atoms with Gasteiger partial charge in [-0.25, -0.2) is 9.78 Å². The van der Waals surface area contributed by atoms with Crippen molar-refractivity contribution in [2.45, 2.75) is 77.1 Å². The van der Waals surface area contributed by atoms with Crippen molar-refractivity contribution in [1.29, 1.82) is 0 Å². The molecule has 6 nitrogen and oxygen atoms in total. The highest BCUT2D eigenvalue weighted by Crippen LogP contribution is 2.64. The lowest BCUT2D eigenvalue weighted by atomic mass is 9.53. The Morgan fingerprint density at radius 3 is 2.63 bits per heavy atom. The Morgan fingerprint density at radius 2 is 2.00 bits per heavy atom. The molecule has 1 aromatic rings. The van der Waals surface area contributed by atoms with Gasteiger partial charge in [0.05, 0.1) is 17.8 Å². The Morgan fingerprint density at radius 1 is 1.30 bits per heavy atom. The first-order valence-corrected chi connectivity index (χ1v) is 11.1. The van der Waals surface area contributed by atoms with E-state index < -0.39 is 5.60 Å². The van der Waals surface area contributed by atoms with Crippen LogP contribution in [0.15, 0.2) is 6.20 Å². The van der Waals surface area contributed by atoms with Crippen LogP contribution in [0.25, 0.3) is 0 Å². The second kappa shape index (κ2) is 6.62. The van der Waals surface area contributed by atoms with Crippen LogP contribution in [0.4, 0.5) is 10.6 Å². The second-order valence-electron chi connectivity index (χ2n) is 10.6. The molecule has 1 amide bonds. The fourth-order valence-electron chi connectivity index (χ4n) is 5.29. The van der Waals surface area contributed by atoms with E-state index in [1.807, 2.05) is 31.9 Å². The lowest BCUT2D eigenvalue weighted by Crippen LogP contribution is -2.55. The first-order valence-electron chi connectivity index (χ1n) is 11.1. The highest BCUT2D eigenvalue weighted by molar-refractivity contribution is 5.68. The second-order valence-corrected chi connectivity index (χ2v) is 10.6. The van der Waals surface area contributed by atoms with Gasteiger partial charge in [0.1, 0.15) is 11.4 Å². The van der Waals surface area contributed by atoms with Crippen molar-refractivity contribution in [2.24, 2.45) is 11.3 Å². The molecule has 4 aliphatic rings. The number of nitrogens with two attached hydrogens (primary N) is 1. The number of hydrogen-bond donors (Lipinski definition) is 1. The highest BCUT2D eigenvalue weighted by Gasteiger charge is 2.60. The van der Waals surface area contributed by atoms with E-state index in [4.69, 9.17) is 15.2 Å². The maximum atomic E-state index is 12.4. The summed E-state index contributed by atoms with van der Waals surface area (Å²) in [6.45, 7) is 7.79. The van der Waals surface area contributed by atoms with Gasteiger partial charge in [0.2, 0.25) is 0 Å². The molecule has 5 rings (SSSR count). The minimum atomic E-state index is -0.458. The van der Waals surface area contributed by atoms with Gasteiger partial charge in [0, 0.05) is 36.3 Å². The van der Waals surface area contributed by atoms with E-state index in [1.54, 1.807) is 0 Å². The standard InChI is InChI=1S/C24H31N3O3/c1-22(2,3)30-21(28)27-10-8-23(9-11-27)14-24(15-23)19-17(13-29-24)12-26-20(25)18(19)7-6-16-4-5-16/h12,16H,4-5,8-11,13-15H2,1-3H3,(H2,25,26). The molecular formula is C24H31N3O3. The average molecular weight is 410 g/mol. The van der Waals surface area contributed by atoms with Gasteiger partial charge in [-0.15, -0.1) is 0 Å². The van der Waals surface area contributed by atoms with E-state index >= 15 is 0 Å². The van der Waals surface area contributed by atoms with E-state index in [0.29, 0.717) is 18.3 Å². The molecule has 2 spiro atoms. The molecule has 2 N–H and O–H groups in total. The van der Waals surface area contributed by atoms with E-state index in [9.17, 15) is 4.79 Å². The summed E-state index contributed by atoms with van der Waals surface area (Å²) in [4.78, 5) is 18.6. The first kappa shape index (κ1) is 19.7. The Hall–Kier alpha value is -2.26. The third kappa shape index (κ3) is 3.43. The van der Waals surface area contributed by atoms with Crippen LogP contribution in [0.2, 0.25) is 0 Å². The average Bonchev–Trinajstić information content (AvgIpc) is 3.41. The van der Waals surface area contributed by atoms with E-state index in [2.05, 4.69) is 16.8 Å². The molecule has 2 aliphatic carbocycles. The molecule has 160 valence electrons. The fourth-order valence-corrected chi connectivity index (χ4v) is 5.29. The first-order chi connectivity index (χ1) is 14.2. The van der Waals surface area contributed by atoms with Crippen LogP contribution >= 0.6 is 0 Å². The van der Waals surface area contributed by atoms with Crippen molar-refractivity contribution >= 4 is 11.9 Å². The molecule has 0 bridgehead atoms. The molecule has 3 fully saturated rings. The zero-order chi connectivity index (χ0) is 21.1. The molecule has 3 heterocycles. The topological polar surface area (TPSA) is 77.7 Å². The predicted molar refractivity (Wildman–Crippen MR) is 113 cm³/mol. The molecule has 0 radical (unpaired) electrons. The van der Waals surface area contributed by atoms with Crippen LogP contribution in [-0.2, 0) is 21.7 Å². The maximum absolute atomic E-state index is 12.4. The normalized spacial score (nSPS) is 23.5. The molecule has 2 aliphatic heterocycles. The van der Waals surface area contributed by atoms with Crippen LogP contribution in [0.1, 0.15) is 76.0 Å². The van der Waals surface area contributed by atoms with Gasteiger partial charge < -0.3 is 20.1 Å². The third-order valence-electron chi connectivity index (χ3n) is 6.92. The van der Waals surface area contributed by atoms with Crippen molar-refractivity contribution in [3.8, 4) is 11.8 Å².